The molecule has 2 saturated heterocycles. The summed E-state index contributed by atoms with van der Waals surface area (Å²) in [6, 6.07) is 2.15. The summed E-state index contributed by atoms with van der Waals surface area (Å²) in [4.78, 5) is 32.2. The largest absolute Gasteiger partial charge is 0.342 e. The lowest BCUT2D eigenvalue weighted by Crippen LogP contribution is -2.44. The Morgan fingerprint density at radius 3 is 2.22 bits per heavy atom. The molecule has 0 spiro atoms. The van der Waals surface area contributed by atoms with Crippen molar-refractivity contribution in [1.82, 2.24) is 9.80 Å². The molecule has 1 aliphatic carbocycles. The lowest BCUT2D eigenvalue weighted by atomic mass is 9.95. The number of piperidine rings is 1. The second-order valence-corrected chi connectivity index (χ2v) is 9.56. The van der Waals surface area contributed by atoms with E-state index in [9.17, 15) is 9.59 Å². The number of hydrogen-bond donors (Lipinski definition) is 0. The van der Waals surface area contributed by atoms with Gasteiger partial charge in [0, 0.05) is 37.0 Å². The first-order valence-corrected chi connectivity index (χ1v) is 11.7. The maximum Gasteiger partial charge on any atom is 0.263 e. The highest BCUT2D eigenvalue weighted by Gasteiger charge is 2.31. The van der Waals surface area contributed by atoms with Crippen molar-refractivity contribution in [1.29, 1.82) is 0 Å². The van der Waals surface area contributed by atoms with Crippen molar-refractivity contribution in [3.05, 3.63) is 21.4 Å². The van der Waals surface area contributed by atoms with Gasteiger partial charge in [0.05, 0.1) is 4.88 Å². The minimum atomic E-state index is 0.118. The van der Waals surface area contributed by atoms with E-state index in [0.29, 0.717) is 5.91 Å². The van der Waals surface area contributed by atoms with E-state index in [1.807, 2.05) is 4.90 Å². The Kier molecular flexibility index (Phi) is 6.16. The van der Waals surface area contributed by atoms with Crippen LogP contribution in [0.25, 0.3) is 0 Å². The van der Waals surface area contributed by atoms with Crippen LogP contribution in [0.2, 0.25) is 0 Å². The Labute approximate surface area is 166 Å². The highest BCUT2D eigenvalue weighted by atomic mass is 32.1. The lowest BCUT2D eigenvalue weighted by molar-refractivity contribution is -0.136. The van der Waals surface area contributed by atoms with Gasteiger partial charge in [0.2, 0.25) is 5.91 Å². The van der Waals surface area contributed by atoms with Crippen LogP contribution in [0.15, 0.2) is 6.07 Å². The Bertz CT molecular complexity index is 644. The summed E-state index contributed by atoms with van der Waals surface area (Å²) in [5, 5.41) is 0. The van der Waals surface area contributed by atoms with Gasteiger partial charge in [-0.15, -0.1) is 11.3 Å². The minimum absolute atomic E-state index is 0.118. The smallest absolute Gasteiger partial charge is 0.263 e. The number of carbonyl (C=O) groups excluding carboxylic acids is 2. The van der Waals surface area contributed by atoms with Gasteiger partial charge in [-0.05, 0) is 63.0 Å². The van der Waals surface area contributed by atoms with E-state index in [4.69, 9.17) is 0 Å². The van der Waals surface area contributed by atoms with E-state index in [2.05, 4.69) is 11.0 Å². The molecular weight excluding hydrogens is 356 g/mol. The van der Waals surface area contributed by atoms with Gasteiger partial charge in [-0.1, -0.05) is 19.3 Å². The molecule has 27 heavy (non-hydrogen) atoms. The molecule has 0 bridgehead atoms. The molecule has 3 heterocycles. The molecule has 3 aliphatic rings. The van der Waals surface area contributed by atoms with Crippen molar-refractivity contribution in [2.24, 2.45) is 5.92 Å². The highest BCUT2D eigenvalue weighted by Crippen LogP contribution is 2.31. The maximum absolute atomic E-state index is 13.0. The number of hydrogen-bond acceptors (Lipinski definition) is 3. The number of carbonyl (C=O) groups is 2. The SMILES string of the molecule is O=C(c1cc2c(s1)CCCCC2)N1CCC(C(=O)N2CCCCCC2)CC1. The zero-order valence-corrected chi connectivity index (χ0v) is 17.2. The predicted octanol–water partition coefficient (Wildman–Crippen LogP) is 4.27. The van der Waals surface area contributed by atoms with Crippen LogP contribution in [0, 0.1) is 5.92 Å². The third-order valence-corrected chi connectivity index (χ3v) is 7.73. The van der Waals surface area contributed by atoms with Crippen molar-refractivity contribution in [2.75, 3.05) is 26.2 Å². The Morgan fingerprint density at radius 1 is 0.815 bits per heavy atom. The summed E-state index contributed by atoms with van der Waals surface area (Å²) in [7, 11) is 0. The van der Waals surface area contributed by atoms with Gasteiger partial charge in [0.25, 0.3) is 5.91 Å². The Morgan fingerprint density at radius 2 is 1.48 bits per heavy atom. The molecule has 1 aromatic rings. The van der Waals surface area contributed by atoms with Gasteiger partial charge in [-0.2, -0.15) is 0 Å². The van der Waals surface area contributed by atoms with Gasteiger partial charge in [0.1, 0.15) is 0 Å². The van der Waals surface area contributed by atoms with Gasteiger partial charge in [0.15, 0.2) is 0 Å². The molecule has 1 aromatic heterocycles. The van der Waals surface area contributed by atoms with E-state index in [0.717, 1.165) is 69.6 Å². The van der Waals surface area contributed by atoms with Crippen molar-refractivity contribution >= 4 is 23.2 Å². The van der Waals surface area contributed by atoms with Gasteiger partial charge in [-0.25, -0.2) is 0 Å². The summed E-state index contributed by atoms with van der Waals surface area (Å²) >= 11 is 1.72. The Balaban J connectivity index is 1.33. The Hall–Kier alpha value is -1.36. The van der Waals surface area contributed by atoms with Gasteiger partial charge >= 0.3 is 0 Å². The minimum Gasteiger partial charge on any atom is -0.342 e. The van der Waals surface area contributed by atoms with Crippen molar-refractivity contribution in [2.45, 2.75) is 70.6 Å². The van der Waals surface area contributed by atoms with Crippen LogP contribution in [-0.2, 0) is 17.6 Å². The number of thiophene rings is 1. The fourth-order valence-corrected chi connectivity index (χ4v) is 6.03. The second kappa shape index (κ2) is 8.76. The molecule has 4 rings (SSSR count). The molecule has 0 radical (unpaired) electrons. The molecule has 0 unspecified atom stereocenters. The van der Waals surface area contributed by atoms with Crippen LogP contribution in [0.5, 0.6) is 0 Å². The van der Waals surface area contributed by atoms with Gasteiger partial charge in [-0.3, -0.25) is 9.59 Å². The summed E-state index contributed by atoms with van der Waals surface area (Å²) in [5.74, 6) is 0.646. The molecule has 2 amide bonds. The third-order valence-electron chi connectivity index (χ3n) is 6.51. The number of nitrogens with zero attached hydrogens (tertiary/aromatic N) is 2. The summed E-state index contributed by atoms with van der Waals surface area (Å²) in [6.07, 6.45) is 12.5. The molecule has 5 heteroatoms. The monoisotopic (exact) mass is 388 g/mol. The molecule has 2 aliphatic heterocycles. The lowest BCUT2D eigenvalue weighted by Gasteiger charge is -2.33. The predicted molar refractivity (Wildman–Crippen MR) is 109 cm³/mol. The van der Waals surface area contributed by atoms with Crippen molar-refractivity contribution in [3.8, 4) is 0 Å². The van der Waals surface area contributed by atoms with Crippen LogP contribution in [0.4, 0.5) is 0 Å². The molecule has 0 N–H and O–H groups in total. The first-order chi connectivity index (χ1) is 13.2. The molecule has 0 aromatic carbocycles. The average molecular weight is 389 g/mol. The van der Waals surface area contributed by atoms with E-state index < -0.39 is 0 Å². The van der Waals surface area contributed by atoms with Crippen LogP contribution >= 0.6 is 11.3 Å². The average Bonchev–Trinajstić information content (AvgIpc) is 2.88. The number of amides is 2. The van der Waals surface area contributed by atoms with Crippen molar-refractivity contribution < 1.29 is 9.59 Å². The summed E-state index contributed by atoms with van der Waals surface area (Å²) < 4.78 is 0. The fraction of sp³-hybridized carbons (Fsp3) is 0.727. The highest BCUT2D eigenvalue weighted by molar-refractivity contribution is 7.14. The van der Waals surface area contributed by atoms with Crippen LogP contribution in [0.3, 0.4) is 0 Å². The third kappa shape index (κ3) is 4.39. The van der Waals surface area contributed by atoms with E-state index in [1.54, 1.807) is 11.3 Å². The summed E-state index contributed by atoms with van der Waals surface area (Å²) in [5.41, 5.74) is 1.41. The number of fused-ring (bicyclic) bond motifs is 1. The molecular formula is C22H32N2O2S. The second-order valence-electron chi connectivity index (χ2n) is 8.43. The number of likely N-dealkylation sites (tertiary alicyclic amines) is 2. The van der Waals surface area contributed by atoms with E-state index in [-0.39, 0.29) is 11.8 Å². The summed E-state index contributed by atoms with van der Waals surface area (Å²) in [6.45, 7) is 3.31. The first kappa shape index (κ1) is 19.0. The van der Waals surface area contributed by atoms with E-state index in [1.165, 1.54) is 42.5 Å². The molecule has 4 nitrogen and oxygen atoms in total. The van der Waals surface area contributed by atoms with E-state index >= 15 is 0 Å². The zero-order valence-electron chi connectivity index (χ0n) is 16.4. The quantitative estimate of drug-likeness (QED) is 0.710. The number of aryl methyl sites for hydroxylation is 2. The molecule has 2 fully saturated rings. The fourth-order valence-electron chi connectivity index (χ4n) is 4.81. The molecule has 0 saturated carbocycles. The standard InChI is InChI=1S/C22H32N2O2S/c25-21(23-12-6-1-2-7-13-23)17-10-14-24(15-11-17)22(26)20-16-18-8-4-3-5-9-19(18)27-20/h16-17H,1-15H2. The maximum atomic E-state index is 13.0. The topological polar surface area (TPSA) is 40.6 Å². The van der Waals surface area contributed by atoms with Crippen LogP contribution < -0.4 is 0 Å². The number of rotatable bonds is 2. The normalized spacial score (nSPS) is 22.1. The van der Waals surface area contributed by atoms with Crippen LogP contribution in [0.1, 0.15) is 77.9 Å². The molecule has 148 valence electrons. The first-order valence-electron chi connectivity index (χ1n) is 10.9. The molecule has 0 atom stereocenters. The zero-order chi connectivity index (χ0) is 18.6. The van der Waals surface area contributed by atoms with Gasteiger partial charge < -0.3 is 9.80 Å². The van der Waals surface area contributed by atoms with Crippen molar-refractivity contribution in [3.63, 3.8) is 0 Å². The van der Waals surface area contributed by atoms with Crippen LogP contribution in [-0.4, -0.2) is 47.8 Å².